The molecule has 78 valence electrons. The largest absolute Gasteiger partial charge is 0.304 e. The van der Waals surface area contributed by atoms with Crippen molar-refractivity contribution in [3.8, 4) is 0 Å². The van der Waals surface area contributed by atoms with Crippen LogP contribution < -0.4 is 5.90 Å². The van der Waals surface area contributed by atoms with Gasteiger partial charge in [-0.2, -0.15) is 0 Å². The Hall–Kier alpha value is -1.07. The summed E-state index contributed by atoms with van der Waals surface area (Å²) in [5.74, 6) is 3.88. The first-order chi connectivity index (χ1) is 6.65. The third kappa shape index (κ3) is 2.71. The van der Waals surface area contributed by atoms with Crippen LogP contribution >= 0.6 is 0 Å². The lowest BCUT2D eigenvalue weighted by atomic mass is 10.1. The Kier molecular flexibility index (Phi) is 3.91. The second-order valence-corrected chi connectivity index (χ2v) is 2.78. The lowest BCUT2D eigenvalue weighted by Crippen LogP contribution is -2.04. The van der Waals surface area contributed by atoms with E-state index < -0.39 is 17.8 Å². The van der Waals surface area contributed by atoms with Crippen molar-refractivity contribution in [2.45, 2.75) is 12.8 Å². The Bertz CT molecular complexity index is 304. The van der Waals surface area contributed by atoms with E-state index in [9.17, 15) is 13.2 Å². The molecule has 1 rings (SSSR count). The zero-order valence-corrected chi connectivity index (χ0v) is 7.34. The van der Waals surface area contributed by atoms with Gasteiger partial charge < -0.3 is 4.84 Å². The molecule has 0 amide bonds. The molecule has 0 aliphatic carbocycles. The fourth-order valence-corrected chi connectivity index (χ4v) is 1.08. The molecule has 0 aliphatic rings. The molecule has 0 fully saturated rings. The van der Waals surface area contributed by atoms with Gasteiger partial charge in [0.15, 0.2) is 0 Å². The molecule has 0 bridgehead atoms. The van der Waals surface area contributed by atoms with Crippen molar-refractivity contribution in [2.75, 3.05) is 6.61 Å². The molecule has 0 unspecified atom stereocenters. The van der Waals surface area contributed by atoms with E-state index in [1.54, 1.807) is 0 Å². The van der Waals surface area contributed by atoms with Crippen molar-refractivity contribution < 1.29 is 18.0 Å². The highest BCUT2D eigenvalue weighted by Crippen LogP contribution is 2.22. The topological polar surface area (TPSA) is 35.2 Å². The average molecular weight is 205 g/mol. The van der Waals surface area contributed by atoms with Crippen molar-refractivity contribution >= 4 is 0 Å². The third-order valence-corrected chi connectivity index (χ3v) is 1.81. The van der Waals surface area contributed by atoms with Gasteiger partial charge in [0, 0.05) is 0 Å². The fourth-order valence-electron chi connectivity index (χ4n) is 1.08. The Labute approximate surface area is 79.4 Å². The van der Waals surface area contributed by atoms with Gasteiger partial charge in [0.05, 0.1) is 12.2 Å². The number of hydrogen-bond donors (Lipinski definition) is 1. The molecule has 0 heterocycles. The predicted octanol–water partition coefficient (Wildman–Crippen LogP) is 2.20. The lowest BCUT2D eigenvalue weighted by Gasteiger charge is -2.04. The van der Waals surface area contributed by atoms with Gasteiger partial charge in [-0.25, -0.2) is 19.1 Å². The number of rotatable bonds is 4. The highest BCUT2D eigenvalue weighted by atomic mass is 19.3. The first-order valence-corrected chi connectivity index (χ1v) is 4.03. The van der Waals surface area contributed by atoms with E-state index in [0.29, 0.717) is 12.0 Å². The highest BCUT2D eigenvalue weighted by Gasteiger charge is 2.12. The second kappa shape index (κ2) is 4.97. The van der Waals surface area contributed by atoms with Gasteiger partial charge in [0.1, 0.15) is 5.82 Å². The van der Waals surface area contributed by atoms with Crippen LogP contribution in [0.25, 0.3) is 0 Å². The monoisotopic (exact) mass is 205 g/mol. The molecule has 0 spiro atoms. The molecular formula is C9H10F3NO. The van der Waals surface area contributed by atoms with Crippen molar-refractivity contribution in [3.05, 3.63) is 35.1 Å². The summed E-state index contributed by atoms with van der Waals surface area (Å²) in [4.78, 5) is 4.29. The normalized spacial score (nSPS) is 10.9. The number of alkyl halides is 2. The first-order valence-electron chi connectivity index (χ1n) is 4.03. The molecule has 0 saturated heterocycles. The Morgan fingerprint density at radius 2 is 2.07 bits per heavy atom. The molecule has 1 aromatic carbocycles. The SMILES string of the molecule is NOCCc1ccc(C(F)F)c(F)c1. The quantitative estimate of drug-likeness (QED) is 0.765. The smallest absolute Gasteiger partial charge is 0.266 e. The van der Waals surface area contributed by atoms with Crippen LogP contribution in [0.2, 0.25) is 0 Å². The Balaban J connectivity index is 2.78. The second-order valence-electron chi connectivity index (χ2n) is 2.78. The summed E-state index contributed by atoms with van der Waals surface area (Å²) in [6.07, 6.45) is -2.38. The molecule has 0 radical (unpaired) electrons. The van der Waals surface area contributed by atoms with Gasteiger partial charge in [-0.15, -0.1) is 0 Å². The molecule has 0 atom stereocenters. The zero-order valence-electron chi connectivity index (χ0n) is 7.34. The van der Waals surface area contributed by atoms with Crippen LogP contribution in [0, 0.1) is 5.82 Å². The van der Waals surface area contributed by atoms with Crippen molar-refractivity contribution in [2.24, 2.45) is 5.90 Å². The number of halogens is 3. The van der Waals surface area contributed by atoms with Crippen LogP contribution in [0.4, 0.5) is 13.2 Å². The van der Waals surface area contributed by atoms with E-state index in [1.165, 1.54) is 6.07 Å². The minimum absolute atomic E-state index is 0.230. The molecule has 0 aliphatic heterocycles. The number of benzene rings is 1. The van der Waals surface area contributed by atoms with Gasteiger partial charge in [-0.05, 0) is 18.1 Å². The minimum Gasteiger partial charge on any atom is -0.304 e. The summed E-state index contributed by atoms with van der Waals surface area (Å²) in [5, 5.41) is 0. The molecule has 14 heavy (non-hydrogen) atoms. The van der Waals surface area contributed by atoms with E-state index in [-0.39, 0.29) is 6.61 Å². The number of nitrogens with two attached hydrogens (primary N) is 1. The summed E-state index contributed by atoms with van der Waals surface area (Å²) in [7, 11) is 0. The van der Waals surface area contributed by atoms with Crippen LogP contribution in [-0.2, 0) is 11.3 Å². The summed E-state index contributed by atoms with van der Waals surface area (Å²) in [6, 6.07) is 3.58. The van der Waals surface area contributed by atoms with Crippen LogP contribution in [0.5, 0.6) is 0 Å². The van der Waals surface area contributed by atoms with Crippen molar-refractivity contribution in [1.29, 1.82) is 0 Å². The van der Waals surface area contributed by atoms with Gasteiger partial charge in [0.2, 0.25) is 0 Å². The molecule has 0 aromatic heterocycles. The number of hydrogen-bond acceptors (Lipinski definition) is 2. The Morgan fingerprint density at radius 3 is 2.57 bits per heavy atom. The lowest BCUT2D eigenvalue weighted by molar-refractivity contribution is 0.140. The predicted molar refractivity (Wildman–Crippen MR) is 45.2 cm³/mol. The third-order valence-electron chi connectivity index (χ3n) is 1.81. The van der Waals surface area contributed by atoms with Gasteiger partial charge in [-0.3, -0.25) is 0 Å². The van der Waals surface area contributed by atoms with Crippen LogP contribution in [0.3, 0.4) is 0 Å². The molecule has 2 N–H and O–H groups in total. The van der Waals surface area contributed by atoms with Crippen molar-refractivity contribution in [1.82, 2.24) is 0 Å². The van der Waals surface area contributed by atoms with E-state index in [1.807, 2.05) is 0 Å². The van der Waals surface area contributed by atoms with E-state index in [0.717, 1.165) is 12.1 Å². The average Bonchev–Trinajstić information content (AvgIpc) is 2.14. The van der Waals surface area contributed by atoms with E-state index in [4.69, 9.17) is 5.90 Å². The zero-order chi connectivity index (χ0) is 10.6. The molecule has 0 saturated carbocycles. The maximum Gasteiger partial charge on any atom is 0.266 e. The van der Waals surface area contributed by atoms with E-state index >= 15 is 0 Å². The summed E-state index contributed by atoms with van der Waals surface area (Å²) in [5.41, 5.74) is -0.000216. The summed E-state index contributed by atoms with van der Waals surface area (Å²) < 4.78 is 37.2. The maximum absolute atomic E-state index is 13.0. The van der Waals surface area contributed by atoms with Gasteiger partial charge >= 0.3 is 0 Å². The fraction of sp³-hybridized carbons (Fsp3) is 0.333. The molecule has 5 heteroatoms. The first kappa shape index (κ1) is 11.0. The van der Waals surface area contributed by atoms with Crippen molar-refractivity contribution in [3.63, 3.8) is 0 Å². The Morgan fingerprint density at radius 1 is 1.36 bits per heavy atom. The maximum atomic E-state index is 13.0. The van der Waals surface area contributed by atoms with Crippen LogP contribution in [0.1, 0.15) is 17.6 Å². The minimum atomic E-state index is -2.78. The molecule has 2 nitrogen and oxygen atoms in total. The summed E-state index contributed by atoms with van der Waals surface area (Å²) in [6.45, 7) is 0.230. The van der Waals surface area contributed by atoms with Gasteiger partial charge in [0.25, 0.3) is 6.43 Å². The highest BCUT2D eigenvalue weighted by molar-refractivity contribution is 5.25. The standard InChI is InChI=1S/C9H10F3NO/c10-8-5-6(3-4-14-13)1-2-7(8)9(11)12/h1-2,5,9H,3-4,13H2. The van der Waals surface area contributed by atoms with Crippen LogP contribution in [0.15, 0.2) is 18.2 Å². The summed E-state index contributed by atoms with van der Waals surface area (Å²) >= 11 is 0. The van der Waals surface area contributed by atoms with E-state index in [2.05, 4.69) is 4.84 Å². The van der Waals surface area contributed by atoms with Crippen LogP contribution in [-0.4, -0.2) is 6.61 Å². The molecule has 1 aromatic rings. The molecular weight excluding hydrogens is 195 g/mol. The van der Waals surface area contributed by atoms with Gasteiger partial charge in [-0.1, -0.05) is 12.1 Å².